The molecule has 0 radical (unpaired) electrons. The van der Waals surface area contributed by atoms with Crippen LogP contribution in [0.2, 0.25) is 0 Å². The third-order valence-corrected chi connectivity index (χ3v) is 3.23. The van der Waals surface area contributed by atoms with E-state index in [1.165, 1.54) is 25.7 Å². The fraction of sp³-hybridized carbons (Fsp3) is 0.733. The second kappa shape index (κ2) is 8.99. The number of rotatable bonds is 10. The Kier molecular flexibility index (Phi) is 7.60. The van der Waals surface area contributed by atoms with Crippen LogP contribution >= 0.6 is 0 Å². The Balaban J connectivity index is 2.44. The number of nitrogens with two attached hydrogens (primary N) is 1. The summed E-state index contributed by atoms with van der Waals surface area (Å²) in [7, 11) is 0. The van der Waals surface area contributed by atoms with E-state index in [2.05, 4.69) is 13.8 Å². The highest BCUT2D eigenvalue weighted by Gasteiger charge is 2.13. The van der Waals surface area contributed by atoms with Crippen molar-refractivity contribution in [3.05, 3.63) is 17.9 Å². The third kappa shape index (κ3) is 5.66. The zero-order chi connectivity index (χ0) is 14.1. The van der Waals surface area contributed by atoms with Crippen LogP contribution in [0.3, 0.4) is 0 Å². The molecule has 0 amide bonds. The lowest BCUT2D eigenvalue weighted by molar-refractivity contribution is 0.125. The van der Waals surface area contributed by atoms with Gasteiger partial charge in [0.15, 0.2) is 0 Å². The molecule has 1 unspecified atom stereocenters. The summed E-state index contributed by atoms with van der Waals surface area (Å²) in [5, 5.41) is 9.75. The van der Waals surface area contributed by atoms with Crippen molar-refractivity contribution in [3.63, 3.8) is 0 Å². The van der Waals surface area contributed by atoms with Gasteiger partial charge in [-0.15, -0.1) is 0 Å². The summed E-state index contributed by atoms with van der Waals surface area (Å²) in [6.45, 7) is 5.50. The summed E-state index contributed by atoms with van der Waals surface area (Å²) in [5.41, 5.74) is 5.41. The second-order valence-corrected chi connectivity index (χ2v) is 5.00. The number of hydrogen-bond donors (Lipinski definition) is 2. The van der Waals surface area contributed by atoms with E-state index in [1.807, 2.05) is 0 Å². The van der Waals surface area contributed by atoms with Crippen LogP contribution in [0.4, 0.5) is 0 Å². The molecule has 1 aromatic heterocycles. The lowest BCUT2D eigenvalue weighted by Crippen LogP contribution is -2.11. The molecule has 0 aliphatic rings. The number of aliphatic hydroxyl groups is 1. The molecule has 0 saturated heterocycles. The van der Waals surface area contributed by atoms with Crippen molar-refractivity contribution >= 4 is 0 Å². The van der Waals surface area contributed by atoms with E-state index in [-0.39, 0.29) is 0 Å². The fourth-order valence-electron chi connectivity index (χ4n) is 2.22. The smallest absolute Gasteiger partial charge is 0.284 e. The summed E-state index contributed by atoms with van der Waals surface area (Å²) in [5.74, 6) is 1.60. The van der Waals surface area contributed by atoms with E-state index in [0.29, 0.717) is 37.2 Å². The first-order valence-electron chi connectivity index (χ1n) is 7.31. The van der Waals surface area contributed by atoms with Gasteiger partial charge in [-0.25, -0.2) is 0 Å². The molecule has 0 bridgehead atoms. The monoisotopic (exact) mass is 269 g/mol. The summed E-state index contributed by atoms with van der Waals surface area (Å²) in [4.78, 5) is 0. The summed E-state index contributed by atoms with van der Waals surface area (Å²) in [6.07, 6.45) is 4.57. The van der Waals surface area contributed by atoms with E-state index in [0.717, 1.165) is 0 Å². The van der Waals surface area contributed by atoms with E-state index >= 15 is 0 Å². The van der Waals surface area contributed by atoms with Crippen LogP contribution in [0.5, 0.6) is 5.95 Å². The number of furan rings is 1. The normalized spacial score (nSPS) is 12.9. The van der Waals surface area contributed by atoms with Gasteiger partial charge in [-0.2, -0.15) is 0 Å². The molecule has 0 aromatic carbocycles. The van der Waals surface area contributed by atoms with Gasteiger partial charge < -0.3 is 20.0 Å². The largest absolute Gasteiger partial charge is 0.465 e. The predicted octanol–water partition coefficient (Wildman–Crippen LogP) is 3.26. The van der Waals surface area contributed by atoms with E-state index in [9.17, 15) is 5.11 Å². The molecule has 1 atom stereocenters. The van der Waals surface area contributed by atoms with Crippen molar-refractivity contribution < 1.29 is 14.3 Å². The molecule has 0 fully saturated rings. The van der Waals surface area contributed by atoms with Crippen LogP contribution in [-0.4, -0.2) is 18.3 Å². The molecule has 1 aromatic rings. The van der Waals surface area contributed by atoms with Gasteiger partial charge in [0.2, 0.25) is 0 Å². The van der Waals surface area contributed by atoms with Gasteiger partial charge in [0.05, 0.1) is 6.61 Å². The topological polar surface area (TPSA) is 68.6 Å². The number of ether oxygens (including phenoxy) is 1. The maximum Gasteiger partial charge on any atom is 0.284 e. The third-order valence-electron chi connectivity index (χ3n) is 3.23. The lowest BCUT2D eigenvalue weighted by atomic mass is 9.99. The van der Waals surface area contributed by atoms with Crippen LogP contribution in [0.1, 0.15) is 57.8 Å². The molecular weight excluding hydrogens is 242 g/mol. The van der Waals surface area contributed by atoms with Crippen molar-refractivity contribution in [2.45, 2.75) is 52.1 Å². The van der Waals surface area contributed by atoms with Gasteiger partial charge in [-0.1, -0.05) is 26.7 Å². The predicted molar refractivity (Wildman–Crippen MR) is 76.1 cm³/mol. The Morgan fingerprint density at radius 2 is 1.89 bits per heavy atom. The first kappa shape index (κ1) is 16.1. The van der Waals surface area contributed by atoms with Crippen molar-refractivity contribution in [1.29, 1.82) is 0 Å². The Labute approximate surface area is 115 Å². The first-order chi connectivity index (χ1) is 9.21. The zero-order valence-electron chi connectivity index (χ0n) is 12.1. The minimum atomic E-state index is -0.635. The maximum atomic E-state index is 9.75. The SMILES string of the molecule is CCCC(CCC)COc1ccc(C(O)CCN)o1. The molecule has 3 N–H and O–H groups in total. The molecule has 4 nitrogen and oxygen atoms in total. The van der Waals surface area contributed by atoms with Crippen LogP contribution in [0.15, 0.2) is 16.5 Å². The highest BCUT2D eigenvalue weighted by molar-refractivity contribution is 5.13. The lowest BCUT2D eigenvalue weighted by Gasteiger charge is -2.14. The molecule has 1 heterocycles. The Hall–Kier alpha value is -1.00. The highest BCUT2D eigenvalue weighted by atomic mass is 16.6. The van der Waals surface area contributed by atoms with Gasteiger partial charge >= 0.3 is 0 Å². The molecule has 0 aliphatic carbocycles. The minimum absolute atomic E-state index is 0.438. The second-order valence-electron chi connectivity index (χ2n) is 5.00. The molecule has 19 heavy (non-hydrogen) atoms. The maximum absolute atomic E-state index is 9.75. The molecular formula is C15H27NO3. The zero-order valence-corrected chi connectivity index (χ0v) is 12.1. The average Bonchev–Trinajstić information content (AvgIpc) is 2.86. The van der Waals surface area contributed by atoms with Gasteiger partial charge in [0.25, 0.3) is 5.95 Å². The Bertz CT molecular complexity index is 332. The first-order valence-corrected chi connectivity index (χ1v) is 7.31. The average molecular weight is 269 g/mol. The van der Waals surface area contributed by atoms with Crippen LogP contribution < -0.4 is 10.5 Å². The van der Waals surface area contributed by atoms with Crippen molar-refractivity contribution in [2.75, 3.05) is 13.2 Å². The minimum Gasteiger partial charge on any atom is -0.465 e. The van der Waals surface area contributed by atoms with Crippen LogP contribution in [0.25, 0.3) is 0 Å². The summed E-state index contributed by atoms with van der Waals surface area (Å²) in [6, 6.07) is 3.52. The van der Waals surface area contributed by atoms with E-state index < -0.39 is 6.10 Å². The van der Waals surface area contributed by atoms with Crippen LogP contribution in [0, 0.1) is 5.92 Å². The van der Waals surface area contributed by atoms with Gasteiger partial charge in [-0.05, 0) is 37.8 Å². The number of hydrogen-bond acceptors (Lipinski definition) is 4. The summed E-state index contributed by atoms with van der Waals surface area (Å²) >= 11 is 0. The molecule has 0 aliphatic heterocycles. The van der Waals surface area contributed by atoms with Gasteiger partial charge in [0, 0.05) is 6.07 Å². The highest BCUT2D eigenvalue weighted by Crippen LogP contribution is 2.24. The molecule has 0 spiro atoms. The van der Waals surface area contributed by atoms with Crippen LogP contribution in [-0.2, 0) is 0 Å². The fourth-order valence-corrected chi connectivity index (χ4v) is 2.22. The summed E-state index contributed by atoms with van der Waals surface area (Å²) < 4.78 is 11.2. The molecule has 1 rings (SSSR count). The molecule has 0 saturated carbocycles. The van der Waals surface area contributed by atoms with Crippen molar-refractivity contribution in [1.82, 2.24) is 0 Å². The molecule has 110 valence electrons. The Morgan fingerprint density at radius 1 is 1.21 bits per heavy atom. The van der Waals surface area contributed by atoms with Gasteiger partial charge in [0.1, 0.15) is 11.9 Å². The van der Waals surface area contributed by atoms with E-state index in [1.54, 1.807) is 12.1 Å². The van der Waals surface area contributed by atoms with Gasteiger partial charge in [-0.3, -0.25) is 0 Å². The Morgan fingerprint density at radius 3 is 2.47 bits per heavy atom. The quantitative estimate of drug-likeness (QED) is 0.684. The van der Waals surface area contributed by atoms with E-state index in [4.69, 9.17) is 14.9 Å². The van der Waals surface area contributed by atoms with Crippen molar-refractivity contribution in [3.8, 4) is 5.95 Å². The van der Waals surface area contributed by atoms with Crippen molar-refractivity contribution in [2.24, 2.45) is 11.7 Å². The number of aliphatic hydroxyl groups excluding tert-OH is 1. The standard InChI is InChI=1S/C15H27NO3/c1-3-5-12(6-4-2)11-18-15-8-7-14(19-15)13(17)9-10-16/h7-8,12-13,17H,3-6,9-11,16H2,1-2H3. The molecule has 4 heteroatoms.